The molecule has 7 nitrogen and oxygen atoms in total. The average Bonchev–Trinajstić information content (AvgIpc) is 2.77. The quantitative estimate of drug-likeness (QED) is 0.671. The van der Waals surface area contributed by atoms with Crippen molar-refractivity contribution in [3.05, 3.63) is 59.7 Å². The number of aryl methyl sites for hydroxylation is 2. The van der Waals surface area contributed by atoms with Crippen molar-refractivity contribution < 1.29 is 18.0 Å². The van der Waals surface area contributed by atoms with E-state index >= 15 is 0 Å². The number of carbonyl (C=O) groups is 2. The van der Waals surface area contributed by atoms with E-state index in [-0.39, 0.29) is 17.5 Å². The van der Waals surface area contributed by atoms with Gasteiger partial charge in [0, 0.05) is 24.8 Å². The van der Waals surface area contributed by atoms with Crippen LogP contribution in [-0.4, -0.2) is 43.7 Å². The van der Waals surface area contributed by atoms with Crippen molar-refractivity contribution in [3.63, 3.8) is 0 Å². The molecule has 0 aromatic heterocycles. The van der Waals surface area contributed by atoms with Gasteiger partial charge in [-0.2, -0.15) is 4.31 Å². The lowest BCUT2D eigenvalue weighted by Gasteiger charge is -2.34. The molecule has 2 aromatic rings. The summed E-state index contributed by atoms with van der Waals surface area (Å²) < 4.78 is 27.6. The van der Waals surface area contributed by atoms with Crippen LogP contribution in [0, 0.1) is 13.8 Å². The minimum absolute atomic E-state index is 0.206. The normalized spacial score (nSPS) is 17.2. The van der Waals surface area contributed by atoms with E-state index in [9.17, 15) is 18.0 Å². The summed E-state index contributed by atoms with van der Waals surface area (Å²) in [6, 6.07) is 13.6. The van der Waals surface area contributed by atoms with Crippen LogP contribution < -0.4 is 10.6 Å². The minimum atomic E-state index is -3.59. The second kappa shape index (κ2) is 10.1. The molecule has 1 fully saturated rings. The van der Waals surface area contributed by atoms with Gasteiger partial charge in [0.05, 0.1) is 4.90 Å². The van der Waals surface area contributed by atoms with Gasteiger partial charge in [-0.15, -0.1) is 0 Å². The number of rotatable bonds is 6. The van der Waals surface area contributed by atoms with Gasteiger partial charge in [0.15, 0.2) is 0 Å². The molecule has 0 aliphatic carbocycles. The van der Waals surface area contributed by atoms with Crippen molar-refractivity contribution in [1.82, 2.24) is 9.62 Å². The van der Waals surface area contributed by atoms with Crippen LogP contribution in [0.1, 0.15) is 36.8 Å². The van der Waals surface area contributed by atoms with E-state index in [0.29, 0.717) is 18.7 Å². The molecule has 1 saturated heterocycles. The van der Waals surface area contributed by atoms with Gasteiger partial charge < -0.3 is 10.6 Å². The Bertz CT molecular complexity index is 1040. The third-order valence-corrected chi connectivity index (χ3v) is 7.62. The van der Waals surface area contributed by atoms with Crippen molar-refractivity contribution in [2.24, 2.45) is 0 Å². The fourth-order valence-electron chi connectivity index (χ4n) is 3.75. The Morgan fingerprint density at radius 2 is 1.74 bits per heavy atom. The third-order valence-electron chi connectivity index (χ3n) is 5.66. The van der Waals surface area contributed by atoms with E-state index in [4.69, 9.17) is 0 Å². The van der Waals surface area contributed by atoms with Crippen LogP contribution in [0.15, 0.2) is 53.4 Å². The number of sulfonamides is 1. The summed E-state index contributed by atoms with van der Waals surface area (Å²) in [4.78, 5) is 24.6. The van der Waals surface area contributed by atoms with Gasteiger partial charge in [-0.25, -0.2) is 8.42 Å². The molecule has 8 heteroatoms. The zero-order valence-corrected chi connectivity index (χ0v) is 18.7. The third kappa shape index (κ3) is 5.71. The van der Waals surface area contributed by atoms with Crippen molar-refractivity contribution in [1.29, 1.82) is 0 Å². The van der Waals surface area contributed by atoms with Crippen LogP contribution in [0.5, 0.6) is 0 Å². The fourth-order valence-corrected chi connectivity index (χ4v) is 5.49. The van der Waals surface area contributed by atoms with E-state index in [0.717, 1.165) is 30.4 Å². The highest BCUT2D eigenvalue weighted by Crippen LogP contribution is 2.26. The van der Waals surface area contributed by atoms with Crippen LogP contribution in [0.3, 0.4) is 0 Å². The number of hydrogen-bond donors (Lipinski definition) is 2. The monoisotopic (exact) mass is 443 g/mol. The van der Waals surface area contributed by atoms with Crippen LogP contribution in [0.25, 0.3) is 0 Å². The summed E-state index contributed by atoms with van der Waals surface area (Å²) in [5, 5.41) is 5.21. The molecule has 2 N–H and O–H groups in total. The van der Waals surface area contributed by atoms with Gasteiger partial charge in [-0.3, -0.25) is 9.59 Å². The number of hydrogen-bond acceptors (Lipinski definition) is 4. The molecule has 1 aliphatic heterocycles. The van der Waals surface area contributed by atoms with Gasteiger partial charge in [0.2, 0.25) is 10.0 Å². The fraction of sp³-hybridized carbons (Fsp3) is 0.391. The first-order chi connectivity index (χ1) is 14.8. The van der Waals surface area contributed by atoms with Crippen LogP contribution >= 0.6 is 0 Å². The van der Waals surface area contributed by atoms with Crippen molar-refractivity contribution in [2.45, 2.75) is 50.5 Å². The highest BCUT2D eigenvalue weighted by atomic mass is 32.2. The van der Waals surface area contributed by atoms with Crippen LogP contribution in [0.2, 0.25) is 0 Å². The predicted octanol–water partition coefficient (Wildman–Crippen LogP) is 2.99. The van der Waals surface area contributed by atoms with Gasteiger partial charge in [-0.05, 0) is 68.5 Å². The number of benzene rings is 2. The molecule has 0 bridgehead atoms. The summed E-state index contributed by atoms with van der Waals surface area (Å²) in [7, 11) is -3.59. The number of nitrogens with one attached hydrogen (secondary N) is 2. The molecule has 3 rings (SSSR count). The van der Waals surface area contributed by atoms with Gasteiger partial charge in [0.1, 0.15) is 0 Å². The maximum absolute atomic E-state index is 13.0. The molecule has 166 valence electrons. The van der Waals surface area contributed by atoms with Crippen molar-refractivity contribution in [2.75, 3.05) is 18.4 Å². The van der Waals surface area contributed by atoms with Crippen molar-refractivity contribution in [3.8, 4) is 0 Å². The van der Waals surface area contributed by atoms with Crippen LogP contribution in [-0.2, 0) is 19.6 Å². The summed E-state index contributed by atoms with van der Waals surface area (Å²) in [6.07, 6.45) is 2.94. The highest BCUT2D eigenvalue weighted by Gasteiger charge is 2.33. The lowest BCUT2D eigenvalue weighted by Crippen LogP contribution is -2.45. The second-order valence-corrected chi connectivity index (χ2v) is 9.77. The van der Waals surface area contributed by atoms with Crippen molar-refractivity contribution >= 4 is 27.5 Å². The topological polar surface area (TPSA) is 95.6 Å². The largest absolute Gasteiger partial charge is 0.348 e. The Labute approximate surface area is 183 Å². The Morgan fingerprint density at radius 1 is 1.00 bits per heavy atom. The predicted molar refractivity (Wildman–Crippen MR) is 120 cm³/mol. The first kappa shape index (κ1) is 23.0. The molecule has 0 radical (unpaired) electrons. The van der Waals surface area contributed by atoms with E-state index < -0.39 is 21.8 Å². The zero-order valence-electron chi connectivity index (χ0n) is 17.9. The number of anilines is 1. The molecule has 31 heavy (non-hydrogen) atoms. The Hall–Kier alpha value is -2.71. The number of carbonyl (C=O) groups excluding carboxylic acids is 2. The average molecular weight is 444 g/mol. The molecule has 1 heterocycles. The Balaban J connectivity index is 1.56. The highest BCUT2D eigenvalue weighted by molar-refractivity contribution is 7.89. The maximum Gasteiger partial charge on any atom is 0.313 e. The molecule has 0 saturated carbocycles. The summed E-state index contributed by atoms with van der Waals surface area (Å²) in [6.45, 7) is 4.60. The first-order valence-electron chi connectivity index (χ1n) is 10.5. The minimum Gasteiger partial charge on any atom is -0.348 e. The summed E-state index contributed by atoms with van der Waals surface area (Å²) in [5.41, 5.74) is 2.69. The number of piperidine rings is 1. The van der Waals surface area contributed by atoms with Gasteiger partial charge >= 0.3 is 11.8 Å². The number of amides is 2. The molecule has 0 spiro atoms. The van der Waals surface area contributed by atoms with Gasteiger partial charge in [-0.1, -0.05) is 30.7 Å². The molecule has 2 aromatic carbocycles. The first-order valence-corrected chi connectivity index (χ1v) is 12.0. The standard InChI is InChI=1S/C23H29N3O4S/c1-17-11-12-19(16-18(17)2)25-23(28)22(27)24-14-13-20-8-6-7-15-26(20)31(29,30)21-9-4-3-5-10-21/h3-5,9-12,16,20H,6-8,13-15H2,1-2H3,(H,24,27)(H,25,28)/t20-/m0/s1. The Kier molecular flexibility index (Phi) is 7.46. The smallest absolute Gasteiger partial charge is 0.313 e. The van der Waals surface area contributed by atoms with E-state index in [2.05, 4.69) is 10.6 Å². The van der Waals surface area contributed by atoms with Crippen LogP contribution in [0.4, 0.5) is 5.69 Å². The van der Waals surface area contributed by atoms with E-state index in [1.165, 1.54) is 4.31 Å². The lowest BCUT2D eigenvalue weighted by molar-refractivity contribution is -0.136. The SMILES string of the molecule is Cc1ccc(NC(=O)C(=O)NCC[C@@H]2CCCCN2S(=O)(=O)c2ccccc2)cc1C. The molecule has 2 amide bonds. The summed E-state index contributed by atoms with van der Waals surface area (Å²) >= 11 is 0. The van der Waals surface area contributed by atoms with E-state index in [1.807, 2.05) is 26.0 Å². The molecular formula is C23H29N3O4S. The van der Waals surface area contributed by atoms with Gasteiger partial charge in [0.25, 0.3) is 0 Å². The maximum atomic E-state index is 13.0. The molecule has 0 unspecified atom stereocenters. The second-order valence-electron chi connectivity index (χ2n) is 7.88. The molecule has 1 atom stereocenters. The molecule has 1 aliphatic rings. The summed E-state index contributed by atoms with van der Waals surface area (Å²) in [5.74, 6) is -1.47. The van der Waals surface area contributed by atoms with E-state index in [1.54, 1.807) is 36.4 Å². The molecular weight excluding hydrogens is 414 g/mol. The lowest BCUT2D eigenvalue weighted by atomic mass is 10.0. The zero-order chi connectivity index (χ0) is 22.4. The number of nitrogens with zero attached hydrogens (tertiary/aromatic N) is 1. The Morgan fingerprint density at radius 3 is 2.45 bits per heavy atom.